The van der Waals surface area contributed by atoms with Crippen LogP contribution in [0.5, 0.6) is 0 Å². The molecule has 19 heavy (non-hydrogen) atoms. The molecule has 2 rings (SSSR count). The lowest BCUT2D eigenvalue weighted by atomic mass is 9.79. The van der Waals surface area contributed by atoms with Crippen LogP contribution in [0.25, 0.3) is 0 Å². The summed E-state index contributed by atoms with van der Waals surface area (Å²) in [5.41, 5.74) is 5.63. The Morgan fingerprint density at radius 3 is 2.58 bits per heavy atom. The van der Waals surface area contributed by atoms with E-state index >= 15 is 0 Å². The Morgan fingerprint density at radius 1 is 1.32 bits per heavy atom. The van der Waals surface area contributed by atoms with E-state index in [0.29, 0.717) is 18.9 Å². The van der Waals surface area contributed by atoms with E-state index in [1.54, 1.807) is 4.31 Å². The summed E-state index contributed by atoms with van der Waals surface area (Å²) in [6.45, 7) is 2.48. The predicted molar refractivity (Wildman–Crippen MR) is 81.5 cm³/mol. The lowest BCUT2D eigenvalue weighted by Crippen LogP contribution is -2.54. The minimum absolute atomic E-state index is 0.112. The van der Waals surface area contributed by atoms with Crippen LogP contribution in [-0.4, -0.2) is 35.5 Å². The largest absolute Gasteiger partial charge is 0.392 e. The zero-order valence-corrected chi connectivity index (χ0v) is 13.2. The Labute approximate surface area is 121 Å². The molecule has 2 aliphatic rings. The van der Waals surface area contributed by atoms with Gasteiger partial charge in [-0.05, 0) is 38.0 Å². The number of sulfonamides is 1. The maximum Gasteiger partial charge on any atom is 0.223 e. The Hall–Kier alpha value is -0.200. The van der Waals surface area contributed by atoms with Gasteiger partial charge in [0.25, 0.3) is 0 Å². The molecule has 1 heterocycles. The maximum atomic E-state index is 12.8. The predicted octanol–water partition coefficient (Wildman–Crippen LogP) is 2.04. The molecule has 2 N–H and O–H groups in total. The average molecular weight is 304 g/mol. The molecule has 3 atom stereocenters. The Bertz CT molecular complexity index is 434. The highest BCUT2D eigenvalue weighted by Gasteiger charge is 2.42. The second-order valence-corrected chi connectivity index (χ2v) is 8.25. The van der Waals surface area contributed by atoms with Crippen molar-refractivity contribution < 1.29 is 8.42 Å². The highest BCUT2D eigenvalue weighted by atomic mass is 32.2. The fourth-order valence-electron chi connectivity index (χ4n) is 3.62. The van der Waals surface area contributed by atoms with Crippen LogP contribution in [0.1, 0.15) is 51.9 Å². The first-order valence-electron chi connectivity index (χ1n) is 7.28. The van der Waals surface area contributed by atoms with Gasteiger partial charge in [0.1, 0.15) is 5.25 Å². The van der Waals surface area contributed by atoms with E-state index in [2.05, 4.69) is 0 Å². The minimum Gasteiger partial charge on any atom is -0.392 e. The number of thiocarbonyl (C=S) groups is 1. The van der Waals surface area contributed by atoms with E-state index in [1.165, 1.54) is 19.3 Å². The molecule has 1 saturated carbocycles. The molecule has 0 radical (unpaired) electrons. The normalized spacial score (nSPS) is 30.6. The molecule has 1 saturated heterocycles. The summed E-state index contributed by atoms with van der Waals surface area (Å²) in [6, 6.07) is 0.191. The quantitative estimate of drug-likeness (QED) is 0.807. The Balaban J connectivity index is 2.25. The van der Waals surface area contributed by atoms with Crippen molar-refractivity contribution in [3.63, 3.8) is 0 Å². The van der Waals surface area contributed by atoms with Gasteiger partial charge in [-0.15, -0.1) is 0 Å². The number of rotatable bonds is 4. The average Bonchev–Trinajstić information content (AvgIpc) is 2.38. The van der Waals surface area contributed by atoms with Crippen molar-refractivity contribution in [1.82, 2.24) is 4.31 Å². The zero-order valence-electron chi connectivity index (χ0n) is 11.5. The first-order valence-corrected chi connectivity index (χ1v) is 9.19. The Kier molecular flexibility index (Phi) is 4.84. The van der Waals surface area contributed by atoms with Crippen molar-refractivity contribution in [2.24, 2.45) is 11.7 Å². The van der Waals surface area contributed by atoms with Gasteiger partial charge in [-0.25, -0.2) is 8.42 Å². The molecular weight excluding hydrogens is 280 g/mol. The van der Waals surface area contributed by atoms with E-state index in [0.717, 1.165) is 19.3 Å². The lowest BCUT2D eigenvalue weighted by Gasteiger charge is -2.44. The van der Waals surface area contributed by atoms with E-state index in [9.17, 15) is 8.42 Å². The molecule has 1 aliphatic heterocycles. The summed E-state index contributed by atoms with van der Waals surface area (Å²) < 4.78 is 27.3. The molecule has 6 heteroatoms. The molecule has 1 unspecified atom stereocenters. The van der Waals surface area contributed by atoms with Crippen LogP contribution < -0.4 is 5.73 Å². The molecule has 0 aromatic rings. The van der Waals surface area contributed by atoms with Crippen molar-refractivity contribution in [1.29, 1.82) is 0 Å². The van der Waals surface area contributed by atoms with Crippen LogP contribution in [0.2, 0.25) is 0 Å². The summed E-state index contributed by atoms with van der Waals surface area (Å²) in [4.78, 5) is 0.112. The molecule has 0 bridgehead atoms. The first kappa shape index (κ1) is 15.2. The molecule has 0 spiro atoms. The lowest BCUT2D eigenvalue weighted by molar-refractivity contribution is 0.128. The van der Waals surface area contributed by atoms with Crippen LogP contribution in [0.3, 0.4) is 0 Å². The van der Waals surface area contributed by atoms with E-state index in [1.807, 2.05) is 6.92 Å². The third-order valence-corrected chi connectivity index (χ3v) is 7.41. The highest BCUT2D eigenvalue weighted by Crippen LogP contribution is 2.37. The molecule has 0 amide bonds. The standard InChI is InChI=1S/C13H24N2O2S2/c1-2-12(13(14)18)19(16,17)15-9-5-7-10-6-3-4-8-11(10)15/h10-12H,2-9H2,1H3,(H2,14,18)/t10-,11-,12?/m1/s1. The zero-order chi connectivity index (χ0) is 14.0. The highest BCUT2D eigenvalue weighted by molar-refractivity contribution is 7.92. The van der Waals surface area contributed by atoms with Gasteiger partial charge in [-0.2, -0.15) is 4.31 Å². The van der Waals surface area contributed by atoms with Crippen molar-refractivity contribution in [3.05, 3.63) is 0 Å². The topological polar surface area (TPSA) is 63.4 Å². The second kappa shape index (κ2) is 6.06. The van der Waals surface area contributed by atoms with E-state index in [-0.39, 0.29) is 11.0 Å². The summed E-state index contributed by atoms with van der Waals surface area (Å²) in [7, 11) is -3.38. The van der Waals surface area contributed by atoms with Crippen molar-refractivity contribution in [2.45, 2.75) is 63.2 Å². The summed E-state index contributed by atoms with van der Waals surface area (Å²) in [5.74, 6) is 0.543. The minimum atomic E-state index is -3.38. The van der Waals surface area contributed by atoms with Gasteiger partial charge in [0, 0.05) is 12.6 Å². The number of fused-ring (bicyclic) bond motifs is 1. The fraction of sp³-hybridized carbons (Fsp3) is 0.923. The molecule has 110 valence electrons. The van der Waals surface area contributed by atoms with Gasteiger partial charge < -0.3 is 5.73 Å². The SMILES string of the molecule is CCC(C(N)=S)S(=O)(=O)N1CCC[C@H]2CCCC[C@H]21. The molecule has 1 aliphatic carbocycles. The van der Waals surface area contributed by atoms with Gasteiger partial charge in [0.2, 0.25) is 10.0 Å². The Morgan fingerprint density at radius 2 is 1.95 bits per heavy atom. The van der Waals surface area contributed by atoms with Crippen LogP contribution >= 0.6 is 12.2 Å². The smallest absolute Gasteiger partial charge is 0.223 e. The first-order chi connectivity index (χ1) is 8.98. The third kappa shape index (κ3) is 2.95. The van der Waals surface area contributed by atoms with E-state index in [4.69, 9.17) is 18.0 Å². The van der Waals surface area contributed by atoms with Crippen LogP contribution in [0.4, 0.5) is 0 Å². The molecular formula is C13H24N2O2S2. The summed E-state index contributed by atoms with van der Waals surface area (Å²) >= 11 is 4.95. The monoisotopic (exact) mass is 304 g/mol. The number of nitrogens with two attached hydrogens (primary N) is 1. The summed E-state index contributed by atoms with van der Waals surface area (Å²) in [5, 5.41) is -0.692. The van der Waals surface area contributed by atoms with Crippen molar-refractivity contribution >= 4 is 27.2 Å². The van der Waals surface area contributed by atoms with Crippen LogP contribution in [0, 0.1) is 5.92 Å². The van der Waals surface area contributed by atoms with Gasteiger partial charge in [0.15, 0.2) is 0 Å². The maximum absolute atomic E-state index is 12.8. The van der Waals surface area contributed by atoms with Gasteiger partial charge in [-0.1, -0.05) is 32.0 Å². The summed E-state index contributed by atoms with van der Waals surface area (Å²) in [6.07, 6.45) is 7.14. The molecule has 2 fully saturated rings. The van der Waals surface area contributed by atoms with Crippen molar-refractivity contribution in [3.8, 4) is 0 Å². The molecule has 0 aromatic heterocycles. The fourth-order valence-corrected chi connectivity index (χ4v) is 6.23. The van der Waals surface area contributed by atoms with Gasteiger partial charge in [-0.3, -0.25) is 0 Å². The number of nitrogens with zero attached hydrogens (tertiary/aromatic N) is 1. The molecule has 4 nitrogen and oxygen atoms in total. The number of piperidine rings is 1. The van der Waals surface area contributed by atoms with Crippen molar-refractivity contribution in [2.75, 3.05) is 6.54 Å². The number of hydrogen-bond donors (Lipinski definition) is 1. The second-order valence-electron chi connectivity index (χ2n) is 5.71. The van der Waals surface area contributed by atoms with Gasteiger partial charge >= 0.3 is 0 Å². The van der Waals surface area contributed by atoms with Crippen LogP contribution in [0.15, 0.2) is 0 Å². The third-order valence-electron chi connectivity index (χ3n) is 4.57. The number of hydrogen-bond acceptors (Lipinski definition) is 3. The van der Waals surface area contributed by atoms with Gasteiger partial charge in [0.05, 0.1) is 4.99 Å². The van der Waals surface area contributed by atoms with Crippen LogP contribution in [-0.2, 0) is 10.0 Å². The molecule has 0 aromatic carbocycles. The van der Waals surface area contributed by atoms with E-state index < -0.39 is 15.3 Å².